The predicted octanol–water partition coefficient (Wildman–Crippen LogP) is 5.35. The third-order valence-corrected chi connectivity index (χ3v) is 6.25. The van der Waals surface area contributed by atoms with Crippen LogP contribution in [0.2, 0.25) is 0 Å². The van der Waals surface area contributed by atoms with Crippen LogP contribution in [0.25, 0.3) is 11.1 Å². The van der Waals surface area contributed by atoms with Gasteiger partial charge in [-0.25, -0.2) is 9.18 Å². The average Bonchev–Trinajstić information content (AvgIpc) is 2.98. The summed E-state index contributed by atoms with van der Waals surface area (Å²) in [7, 11) is 0. The number of benzene rings is 3. The van der Waals surface area contributed by atoms with Crippen LogP contribution in [0.4, 0.5) is 17.6 Å². The molecule has 0 saturated heterocycles. The third-order valence-electron chi connectivity index (χ3n) is 6.25. The van der Waals surface area contributed by atoms with Crippen molar-refractivity contribution < 1.29 is 41.4 Å². The molecule has 3 aromatic carbocycles. The van der Waals surface area contributed by atoms with Crippen LogP contribution in [0, 0.1) is 11.2 Å². The highest BCUT2D eigenvalue weighted by Gasteiger charge is 2.42. The van der Waals surface area contributed by atoms with Crippen molar-refractivity contribution in [3.8, 4) is 16.9 Å². The van der Waals surface area contributed by atoms with Crippen molar-refractivity contribution in [2.45, 2.75) is 25.2 Å². The highest BCUT2D eigenvalue weighted by molar-refractivity contribution is 5.95. The summed E-state index contributed by atoms with van der Waals surface area (Å²) in [4.78, 5) is 36.6. The summed E-state index contributed by atoms with van der Waals surface area (Å²) in [6, 6.07) is 22.1. The molecule has 0 aliphatic rings. The van der Waals surface area contributed by atoms with Crippen molar-refractivity contribution in [2.75, 3.05) is 6.61 Å². The minimum absolute atomic E-state index is 0.124. The largest absolute Gasteiger partial charge is 0.492 e. The minimum Gasteiger partial charge on any atom is -0.492 e. The maximum atomic E-state index is 14.2. The number of nitrogens with one attached hydrogen (secondary N) is 2. The standard InChI is InChI=1S/C31H25F4N3O5/c32-25-9-2-1-8-24(25)20-11-13-21(14-12-20)26(19-28(39)43-30(41)31(33,34)35)37-29(40)22-6-5-7-23(18-22)42-17-16-38-15-4-3-10-27(38)36/h1-15,18,26,36H,16-17,19H2,(H,37,40). The van der Waals surface area contributed by atoms with Crippen LogP contribution in [-0.2, 0) is 20.9 Å². The highest BCUT2D eigenvalue weighted by Crippen LogP contribution is 2.27. The Balaban J connectivity index is 1.50. The zero-order chi connectivity index (χ0) is 31.0. The molecule has 0 radical (unpaired) electrons. The molecule has 2 N–H and O–H groups in total. The lowest BCUT2D eigenvalue weighted by atomic mass is 9.98. The van der Waals surface area contributed by atoms with Crippen molar-refractivity contribution in [3.05, 3.63) is 120 Å². The fraction of sp³-hybridized carbons (Fsp3) is 0.161. The molecule has 1 atom stereocenters. The first-order valence-corrected chi connectivity index (χ1v) is 12.9. The summed E-state index contributed by atoms with van der Waals surface area (Å²) < 4.78 is 63.5. The first kappa shape index (κ1) is 30.7. The van der Waals surface area contributed by atoms with E-state index in [-0.39, 0.29) is 12.2 Å². The monoisotopic (exact) mass is 595 g/mol. The Morgan fingerprint density at radius 1 is 0.907 bits per heavy atom. The van der Waals surface area contributed by atoms with Gasteiger partial charge in [-0.05, 0) is 47.5 Å². The van der Waals surface area contributed by atoms with Gasteiger partial charge in [-0.3, -0.25) is 15.0 Å². The Bertz CT molecular complexity index is 1670. The van der Waals surface area contributed by atoms with Crippen molar-refractivity contribution in [1.29, 1.82) is 5.41 Å². The lowest BCUT2D eigenvalue weighted by Gasteiger charge is -2.19. The number of hydrogen-bond donors (Lipinski definition) is 2. The van der Waals surface area contributed by atoms with E-state index >= 15 is 0 Å². The fourth-order valence-corrected chi connectivity index (χ4v) is 4.11. The molecule has 0 bridgehead atoms. The molecule has 0 spiro atoms. The summed E-state index contributed by atoms with van der Waals surface area (Å²) in [5.41, 5.74) is 1.49. The number of hydrogen-bond acceptors (Lipinski definition) is 6. The summed E-state index contributed by atoms with van der Waals surface area (Å²) >= 11 is 0. The molecule has 0 fully saturated rings. The van der Waals surface area contributed by atoms with Gasteiger partial charge in [0, 0.05) is 17.3 Å². The molecule has 4 aromatic rings. The Morgan fingerprint density at radius 2 is 1.63 bits per heavy atom. The number of nitrogens with zero attached hydrogens (tertiary/aromatic N) is 1. The van der Waals surface area contributed by atoms with Gasteiger partial charge in [-0.15, -0.1) is 0 Å². The second-order valence-corrected chi connectivity index (χ2v) is 9.25. The summed E-state index contributed by atoms with van der Waals surface area (Å²) in [6.45, 7) is 0.571. The van der Waals surface area contributed by atoms with E-state index in [0.717, 1.165) is 0 Å². The van der Waals surface area contributed by atoms with Crippen LogP contribution in [0.1, 0.15) is 28.4 Å². The maximum absolute atomic E-state index is 14.2. The Labute approximate surface area is 243 Å². The lowest BCUT2D eigenvalue weighted by molar-refractivity contribution is -0.202. The van der Waals surface area contributed by atoms with Gasteiger partial charge in [0.1, 0.15) is 23.7 Å². The molecule has 1 unspecified atom stereocenters. The van der Waals surface area contributed by atoms with Crippen LogP contribution in [-0.4, -0.2) is 35.2 Å². The molecule has 8 nitrogen and oxygen atoms in total. The normalized spacial score (nSPS) is 11.8. The molecule has 0 aliphatic heterocycles. The van der Waals surface area contributed by atoms with Crippen molar-refractivity contribution in [3.63, 3.8) is 0 Å². The molecule has 1 aromatic heterocycles. The Hall–Kier alpha value is -5.26. The number of halogens is 4. The van der Waals surface area contributed by atoms with Gasteiger partial charge in [-0.1, -0.05) is 54.6 Å². The van der Waals surface area contributed by atoms with E-state index in [9.17, 15) is 31.9 Å². The minimum atomic E-state index is -5.38. The predicted molar refractivity (Wildman–Crippen MR) is 146 cm³/mol. The van der Waals surface area contributed by atoms with Gasteiger partial charge in [-0.2, -0.15) is 13.2 Å². The first-order chi connectivity index (χ1) is 20.5. The number of rotatable bonds is 10. The zero-order valence-electron chi connectivity index (χ0n) is 22.4. The van der Waals surface area contributed by atoms with Gasteiger partial charge in [0.2, 0.25) is 0 Å². The molecule has 43 heavy (non-hydrogen) atoms. The summed E-state index contributed by atoms with van der Waals surface area (Å²) in [5.74, 6) is -4.99. The average molecular weight is 596 g/mol. The number of alkyl halides is 3. The van der Waals surface area contributed by atoms with E-state index < -0.39 is 42.3 Å². The Kier molecular flexibility index (Phi) is 9.71. The number of carbonyl (C=O) groups excluding carboxylic acids is 3. The maximum Gasteiger partial charge on any atom is 0.491 e. The van der Waals surface area contributed by atoms with Crippen molar-refractivity contribution in [2.24, 2.45) is 0 Å². The van der Waals surface area contributed by atoms with Gasteiger partial charge < -0.3 is 19.4 Å². The Morgan fingerprint density at radius 3 is 2.33 bits per heavy atom. The second-order valence-electron chi connectivity index (χ2n) is 9.25. The SMILES string of the molecule is N=c1ccccn1CCOc1cccc(C(=O)NC(CC(=O)OC(=O)C(F)(F)F)c2ccc(-c3ccccc3F)cc2)c1. The van der Waals surface area contributed by atoms with E-state index in [0.29, 0.717) is 34.5 Å². The van der Waals surface area contributed by atoms with Crippen LogP contribution in [0.15, 0.2) is 97.2 Å². The van der Waals surface area contributed by atoms with Crippen LogP contribution < -0.4 is 15.5 Å². The number of ether oxygens (including phenoxy) is 2. The van der Waals surface area contributed by atoms with Gasteiger partial charge in [0.05, 0.1) is 19.0 Å². The quantitative estimate of drug-likeness (QED) is 0.146. The van der Waals surface area contributed by atoms with Gasteiger partial charge in [0.25, 0.3) is 5.91 Å². The first-order valence-electron chi connectivity index (χ1n) is 12.9. The van der Waals surface area contributed by atoms with Crippen molar-refractivity contribution in [1.82, 2.24) is 9.88 Å². The number of aromatic nitrogens is 1. The fourth-order valence-electron chi connectivity index (χ4n) is 4.11. The topological polar surface area (TPSA) is 110 Å². The van der Waals surface area contributed by atoms with Crippen molar-refractivity contribution >= 4 is 17.8 Å². The van der Waals surface area contributed by atoms with E-state index in [1.165, 1.54) is 48.5 Å². The van der Waals surface area contributed by atoms with Crippen LogP contribution in [0.3, 0.4) is 0 Å². The third kappa shape index (κ3) is 8.38. The molecule has 1 amide bonds. The molecular formula is C31H25F4N3O5. The number of esters is 2. The lowest BCUT2D eigenvalue weighted by Crippen LogP contribution is -2.33. The smallest absolute Gasteiger partial charge is 0.491 e. The van der Waals surface area contributed by atoms with Gasteiger partial charge >= 0.3 is 18.1 Å². The van der Waals surface area contributed by atoms with Crippen LogP contribution >= 0.6 is 0 Å². The zero-order valence-corrected chi connectivity index (χ0v) is 22.4. The second kappa shape index (κ2) is 13.6. The highest BCUT2D eigenvalue weighted by atomic mass is 19.4. The van der Waals surface area contributed by atoms with E-state index in [1.807, 2.05) is 0 Å². The molecule has 12 heteroatoms. The molecular weight excluding hydrogens is 570 g/mol. The number of amides is 1. The van der Waals surface area contributed by atoms with E-state index in [4.69, 9.17) is 10.1 Å². The summed E-state index contributed by atoms with van der Waals surface area (Å²) in [5, 5.41) is 10.5. The molecule has 0 aliphatic carbocycles. The molecule has 1 heterocycles. The molecule has 0 saturated carbocycles. The summed E-state index contributed by atoms with van der Waals surface area (Å²) in [6.07, 6.45) is -4.45. The number of carbonyl (C=O) groups is 3. The van der Waals surface area contributed by atoms with Gasteiger partial charge in [0.15, 0.2) is 0 Å². The molecule has 4 rings (SSSR count). The number of pyridine rings is 1. The molecule has 222 valence electrons. The van der Waals surface area contributed by atoms with E-state index in [2.05, 4.69) is 10.1 Å². The van der Waals surface area contributed by atoms with Crippen LogP contribution in [0.5, 0.6) is 5.75 Å². The van der Waals surface area contributed by atoms with E-state index in [1.54, 1.807) is 53.2 Å².